The van der Waals surface area contributed by atoms with E-state index >= 15 is 0 Å². The van der Waals surface area contributed by atoms with Crippen molar-refractivity contribution in [3.05, 3.63) is 65.7 Å². The highest BCUT2D eigenvalue weighted by Gasteiger charge is 2.29. The van der Waals surface area contributed by atoms with Gasteiger partial charge in [-0.15, -0.1) is 0 Å². The van der Waals surface area contributed by atoms with Crippen molar-refractivity contribution in [2.24, 2.45) is 10.9 Å². The second-order valence-electron chi connectivity index (χ2n) is 7.38. The molecule has 3 rings (SSSR count). The lowest BCUT2D eigenvalue weighted by atomic mass is 9.95. The topological polar surface area (TPSA) is 46.1 Å². The molecule has 1 heterocycles. The molecule has 1 aliphatic rings. The average Bonchev–Trinajstić information content (AvgIpc) is 3.22. The van der Waals surface area contributed by atoms with Crippen LogP contribution in [-0.2, 0) is 11.3 Å². The standard InChI is InChI=1S/C24H33N3O2/c1-4-25-24(27(3)18-19-11-13-22(14-12-19)28-5-2)26-17-21-15-16-29-23(21)20-9-7-6-8-10-20/h6-14,21,23H,4-5,15-18H2,1-3H3,(H,25,26). The van der Waals surface area contributed by atoms with Crippen LogP contribution in [0.2, 0.25) is 0 Å². The third-order valence-corrected chi connectivity index (χ3v) is 5.17. The maximum atomic E-state index is 6.02. The molecule has 1 N–H and O–H groups in total. The summed E-state index contributed by atoms with van der Waals surface area (Å²) in [5.41, 5.74) is 2.48. The summed E-state index contributed by atoms with van der Waals surface area (Å²) in [4.78, 5) is 7.11. The van der Waals surface area contributed by atoms with Gasteiger partial charge in [0.25, 0.3) is 0 Å². The predicted molar refractivity (Wildman–Crippen MR) is 118 cm³/mol. The summed E-state index contributed by atoms with van der Waals surface area (Å²) in [6.45, 7) is 7.99. The molecule has 156 valence electrons. The summed E-state index contributed by atoms with van der Waals surface area (Å²) in [6, 6.07) is 18.8. The monoisotopic (exact) mass is 395 g/mol. The van der Waals surface area contributed by atoms with Gasteiger partial charge in [-0.25, -0.2) is 0 Å². The number of aliphatic imine (C=N–C) groups is 1. The fraction of sp³-hybridized carbons (Fsp3) is 0.458. The van der Waals surface area contributed by atoms with Crippen molar-refractivity contribution >= 4 is 5.96 Å². The van der Waals surface area contributed by atoms with Crippen LogP contribution in [0.15, 0.2) is 59.6 Å². The van der Waals surface area contributed by atoms with Crippen molar-refractivity contribution in [1.29, 1.82) is 0 Å². The summed E-state index contributed by atoms with van der Waals surface area (Å²) < 4.78 is 11.5. The van der Waals surface area contributed by atoms with E-state index in [1.807, 2.05) is 25.1 Å². The first kappa shape index (κ1) is 21.2. The van der Waals surface area contributed by atoms with Gasteiger partial charge in [0.05, 0.1) is 12.7 Å². The van der Waals surface area contributed by atoms with Gasteiger partial charge in [0, 0.05) is 39.2 Å². The molecular weight excluding hydrogens is 362 g/mol. The van der Waals surface area contributed by atoms with Gasteiger partial charge < -0.3 is 19.7 Å². The molecule has 0 aromatic heterocycles. The van der Waals surface area contributed by atoms with E-state index in [4.69, 9.17) is 14.5 Å². The molecule has 1 aliphatic heterocycles. The summed E-state index contributed by atoms with van der Waals surface area (Å²) in [6.07, 6.45) is 1.18. The molecule has 1 fully saturated rings. The highest BCUT2D eigenvalue weighted by atomic mass is 16.5. The van der Waals surface area contributed by atoms with Crippen molar-refractivity contribution in [2.75, 3.05) is 33.4 Å². The van der Waals surface area contributed by atoms with Crippen LogP contribution in [0.4, 0.5) is 0 Å². The van der Waals surface area contributed by atoms with Crippen molar-refractivity contribution < 1.29 is 9.47 Å². The number of benzene rings is 2. The molecule has 0 saturated carbocycles. The van der Waals surface area contributed by atoms with E-state index < -0.39 is 0 Å². The Hall–Kier alpha value is -2.53. The molecule has 0 amide bonds. The largest absolute Gasteiger partial charge is 0.494 e. The normalized spacial score (nSPS) is 19.2. The molecule has 0 spiro atoms. The van der Waals surface area contributed by atoms with Crippen LogP contribution in [0.25, 0.3) is 0 Å². The Bertz CT molecular complexity index is 761. The second kappa shape index (κ2) is 10.9. The first-order chi connectivity index (χ1) is 14.2. The summed E-state index contributed by atoms with van der Waals surface area (Å²) >= 11 is 0. The Morgan fingerprint density at radius 2 is 1.90 bits per heavy atom. The van der Waals surface area contributed by atoms with Crippen LogP contribution < -0.4 is 10.1 Å². The van der Waals surface area contributed by atoms with E-state index in [0.717, 1.165) is 44.4 Å². The minimum absolute atomic E-state index is 0.138. The fourth-order valence-corrected chi connectivity index (χ4v) is 3.71. The van der Waals surface area contributed by atoms with Gasteiger partial charge in [0.2, 0.25) is 0 Å². The highest BCUT2D eigenvalue weighted by Crippen LogP contribution is 2.34. The van der Waals surface area contributed by atoms with Gasteiger partial charge in [-0.05, 0) is 43.5 Å². The molecule has 1 saturated heterocycles. The quantitative estimate of drug-likeness (QED) is 0.536. The number of hydrogen-bond acceptors (Lipinski definition) is 3. The Morgan fingerprint density at radius 3 is 2.59 bits per heavy atom. The molecule has 0 bridgehead atoms. The zero-order valence-electron chi connectivity index (χ0n) is 17.8. The number of nitrogens with zero attached hydrogens (tertiary/aromatic N) is 2. The Balaban J connectivity index is 1.64. The third-order valence-electron chi connectivity index (χ3n) is 5.17. The van der Waals surface area contributed by atoms with E-state index in [9.17, 15) is 0 Å². The molecule has 5 heteroatoms. The zero-order chi connectivity index (χ0) is 20.5. The zero-order valence-corrected chi connectivity index (χ0v) is 17.8. The van der Waals surface area contributed by atoms with Gasteiger partial charge in [-0.2, -0.15) is 0 Å². The van der Waals surface area contributed by atoms with Crippen LogP contribution in [0.5, 0.6) is 5.75 Å². The van der Waals surface area contributed by atoms with Crippen LogP contribution in [-0.4, -0.2) is 44.2 Å². The Kier molecular flexibility index (Phi) is 7.94. The molecule has 0 radical (unpaired) electrons. The summed E-state index contributed by atoms with van der Waals surface area (Å²) in [5.74, 6) is 2.25. The molecule has 2 unspecified atom stereocenters. The van der Waals surface area contributed by atoms with E-state index in [-0.39, 0.29) is 6.10 Å². The van der Waals surface area contributed by atoms with E-state index in [1.165, 1.54) is 11.1 Å². The maximum absolute atomic E-state index is 6.02. The lowest BCUT2D eigenvalue weighted by Gasteiger charge is -2.24. The van der Waals surface area contributed by atoms with Crippen molar-refractivity contribution in [3.8, 4) is 5.75 Å². The molecule has 0 aliphatic carbocycles. The molecule has 29 heavy (non-hydrogen) atoms. The Morgan fingerprint density at radius 1 is 1.14 bits per heavy atom. The average molecular weight is 396 g/mol. The maximum Gasteiger partial charge on any atom is 0.193 e. The van der Waals surface area contributed by atoms with Crippen molar-refractivity contribution in [3.63, 3.8) is 0 Å². The van der Waals surface area contributed by atoms with Gasteiger partial charge >= 0.3 is 0 Å². The van der Waals surface area contributed by atoms with Gasteiger partial charge in [0.1, 0.15) is 5.75 Å². The number of rotatable bonds is 8. The van der Waals surface area contributed by atoms with Gasteiger partial charge in [-0.1, -0.05) is 42.5 Å². The molecule has 2 atom stereocenters. The lowest BCUT2D eigenvalue weighted by molar-refractivity contribution is 0.0925. The van der Waals surface area contributed by atoms with E-state index in [2.05, 4.69) is 60.6 Å². The minimum Gasteiger partial charge on any atom is -0.494 e. The van der Waals surface area contributed by atoms with Crippen LogP contribution in [0.3, 0.4) is 0 Å². The minimum atomic E-state index is 0.138. The number of ether oxygens (including phenoxy) is 2. The molecular formula is C24H33N3O2. The number of guanidine groups is 1. The predicted octanol–water partition coefficient (Wildman–Crippen LogP) is 4.26. The van der Waals surface area contributed by atoms with Crippen LogP contribution in [0.1, 0.15) is 37.5 Å². The van der Waals surface area contributed by atoms with Gasteiger partial charge in [0.15, 0.2) is 5.96 Å². The Labute approximate surface area is 174 Å². The molecule has 5 nitrogen and oxygen atoms in total. The summed E-state index contributed by atoms with van der Waals surface area (Å²) in [7, 11) is 2.08. The van der Waals surface area contributed by atoms with Crippen molar-refractivity contribution in [1.82, 2.24) is 10.2 Å². The lowest BCUT2D eigenvalue weighted by Crippen LogP contribution is -2.38. The van der Waals surface area contributed by atoms with Crippen LogP contribution in [0, 0.1) is 5.92 Å². The van der Waals surface area contributed by atoms with Crippen molar-refractivity contribution in [2.45, 2.75) is 32.9 Å². The molecule has 2 aromatic carbocycles. The number of hydrogen-bond donors (Lipinski definition) is 1. The van der Waals surface area contributed by atoms with Crippen LogP contribution >= 0.6 is 0 Å². The molecule has 2 aromatic rings. The highest BCUT2D eigenvalue weighted by molar-refractivity contribution is 5.79. The first-order valence-electron chi connectivity index (χ1n) is 10.6. The fourth-order valence-electron chi connectivity index (χ4n) is 3.71. The second-order valence-corrected chi connectivity index (χ2v) is 7.38. The van der Waals surface area contributed by atoms with Gasteiger partial charge in [-0.3, -0.25) is 4.99 Å². The summed E-state index contributed by atoms with van der Waals surface area (Å²) in [5, 5.41) is 3.42. The smallest absolute Gasteiger partial charge is 0.193 e. The first-order valence-corrected chi connectivity index (χ1v) is 10.6. The van der Waals surface area contributed by atoms with E-state index in [1.54, 1.807) is 0 Å². The SMILES string of the molecule is CCNC(=NCC1CCOC1c1ccccc1)N(C)Cc1ccc(OCC)cc1. The third kappa shape index (κ3) is 5.97. The van der Waals surface area contributed by atoms with E-state index in [0.29, 0.717) is 12.5 Å². The number of nitrogens with one attached hydrogen (secondary N) is 1.